The summed E-state index contributed by atoms with van der Waals surface area (Å²) in [6.45, 7) is 6.25. The Kier molecular flexibility index (Phi) is 5.60. The first kappa shape index (κ1) is 18.7. The molecule has 0 fully saturated rings. The molecule has 0 aliphatic carbocycles. The van der Waals surface area contributed by atoms with Gasteiger partial charge < -0.3 is 5.32 Å². The van der Waals surface area contributed by atoms with Crippen molar-refractivity contribution >= 4 is 22.5 Å². The molecule has 140 valence electrons. The van der Waals surface area contributed by atoms with E-state index in [1.807, 2.05) is 44.2 Å². The Morgan fingerprint density at radius 1 is 1.19 bits per heavy atom. The highest BCUT2D eigenvalue weighted by Crippen LogP contribution is 2.28. The van der Waals surface area contributed by atoms with Crippen molar-refractivity contribution in [3.63, 3.8) is 0 Å². The van der Waals surface area contributed by atoms with Crippen LogP contribution in [-0.2, 0) is 6.54 Å². The smallest absolute Gasteiger partial charge is 0.336 e. The molecule has 1 aromatic carbocycles. The van der Waals surface area contributed by atoms with E-state index in [-0.39, 0.29) is 5.69 Å². The van der Waals surface area contributed by atoms with Crippen molar-refractivity contribution in [3.05, 3.63) is 57.8 Å². The predicted octanol–water partition coefficient (Wildman–Crippen LogP) is 2.51. The number of rotatable bonds is 5. The number of amides is 2. The van der Waals surface area contributed by atoms with Gasteiger partial charge >= 0.3 is 11.7 Å². The molecule has 0 radical (unpaired) electrons. The summed E-state index contributed by atoms with van der Waals surface area (Å²) in [6, 6.07) is 9.30. The zero-order valence-electron chi connectivity index (χ0n) is 15.3. The minimum absolute atomic E-state index is 0.292. The lowest BCUT2D eigenvalue weighted by molar-refractivity contribution is 0.251. The summed E-state index contributed by atoms with van der Waals surface area (Å²) in [5, 5.41) is 14.7. The molecule has 9 heteroatoms. The molecule has 0 unspecified atom stereocenters. The van der Waals surface area contributed by atoms with Crippen LogP contribution in [0.5, 0.6) is 0 Å². The van der Waals surface area contributed by atoms with E-state index >= 15 is 0 Å². The number of nitrogens with zero attached hydrogens (tertiary/aromatic N) is 4. The van der Waals surface area contributed by atoms with E-state index in [0.29, 0.717) is 23.9 Å². The number of carbonyl (C=O) groups excluding carboxylic acids is 1. The summed E-state index contributed by atoms with van der Waals surface area (Å²) in [5.41, 5.74) is 3.26. The SMILES string of the molecule is Cc1cc(C)n(CCNC(=O)Nc2nnc(-c3ccccc3C)s2)c(=O)n1. The molecular formula is C18H20N6O2S. The first-order chi connectivity index (χ1) is 12.9. The molecule has 0 aliphatic heterocycles. The maximum absolute atomic E-state index is 12.1. The standard InChI is InChI=1S/C18H20N6O2S/c1-11-6-4-5-7-14(11)15-22-23-17(27-15)21-16(25)19-8-9-24-13(3)10-12(2)20-18(24)26/h4-7,10H,8-9H2,1-3H3,(H2,19,21,23,25). The third-order valence-electron chi connectivity index (χ3n) is 3.99. The fourth-order valence-electron chi connectivity index (χ4n) is 2.66. The third-order valence-corrected chi connectivity index (χ3v) is 4.86. The van der Waals surface area contributed by atoms with Crippen molar-refractivity contribution < 1.29 is 4.79 Å². The zero-order valence-corrected chi connectivity index (χ0v) is 16.1. The van der Waals surface area contributed by atoms with Crippen LogP contribution >= 0.6 is 11.3 Å². The number of aromatic nitrogens is 4. The monoisotopic (exact) mass is 384 g/mol. The lowest BCUT2D eigenvalue weighted by atomic mass is 10.1. The van der Waals surface area contributed by atoms with Gasteiger partial charge in [0.15, 0.2) is 0 Å². The van der Waals surface area contributed by atoms with Crippen molar-refractivity contribution in [1.29, 1.82) is 0 Å². The van der Waals surface area contributed by atoms with Crippen LogP contribution in [0.1, 0.15) is 17.0 Å². The van der Waals surface area contributed by atoms with E-state index in [4.69, 9.17) is 0 Å². The van der Waals surface area contributed by atoms with Gasteiger partial charge in [0, 0.05) is 30.0 Å². The number of urea groups is 1. The number of nitrogens with one attached hydrogen (secondary N) is 2. The van der Waals surface area contributed by atoms with Gasteiger partial charge in [0.25, 0.3) is 0 Å². The summed E-state index contributed by atoms with van der Waals surface area (Å²) < 4.78 is 1.52. The van der Waals surface area contributed by atoms with E-state index in [1.165, 1.54) is 15.9 Å². The van der Waals surface area contributed by atoms with E-state index in [2.05, 4.69) is 25.8 Å². The molecule has 0 saturated heterocycles. The maximum Gasteiger partial charge on any atom is 0.348 e. The molecule has 2 N–H and O–H groups in total. The van der Waals surface area contributed by atoms with Gasteiger partial charge in [0.2, 0.25) is 5.13 Å². The Morgan fingerprint density at radius 3 is 2.70 bits per heavy atom. The van der Waals surface area contributed by atoms with Crippen LogP contribution in [0, 0.1) is 20.8 Å². The second-order valence-electron chi connectivity index (χ2n) is 6.08. The Labute approximate surface area is 160 Å². The van der Waals surface area contributed by atoms with Crippen LogP contribution in [0.3, 0.4) is 0 Å². The van der Waals surface area contributed by atoms with Gasteiger partial charge in [-0.15, -0.1) is 10.2 Å². The van der Waals surface area contributed by atoms with Gasteiger partial charge in [-0.3, -0.25) is 9.88 Å². The summed E-state index contributed by atoms with van der Waals surface area (Å²) in [5.74, 6) is 0. The number of anilines is 1. The van der Waals surface area contributed by atoms with Crippen LogP contribution in [0.25, 0.3) is 10.6 Å². The quantitative estimate of drug-likeness (QED) is 0.704. The molecule has 0 bridgehead atoms. The molecule has 27 heavy (non-hydrogen) atoms. The highest BCUT2D eigenvalue weighted by Gasteiger charge is 2.11. The van der Waals surface area contributed by atoms with E-state index < -0.39 is 6.03 Å². The summed E-state index contributed by atoms with van der Waals surface area (Å²) in [6.07, 6.45) is 0. The van der Waals surface area contributed by atoms with Crippen molar-refractivity contribution in [2.75, 3.05) is 11.9 Å². The molecular weight excluding hydrogens is 364 g/mol. The number of carbonyl (C=O) groups is 1. The van der Waals surface area contributed by atoms with E-state index in [9.17, 15) is 9.59 Å². The highest BCUT2D eigenvalue weighted by atomic mass is 32.1. The van der Waals surface area contributed by atoms with Crippen LogP contribution in [-0.4, -0.2) is 32.3 Å². The second-order valence-corrected chi connectivity index (χ2v) is 7.06. The van der Waals surface area contributed by atoms with Gasteiger partial charge in [-0.25, -0.2) is 9.59 Å². The topological polar surface area (TPSA) is 102 Å². The maximum atomic E-state index is 12.1. The van der Waals surface area contributed by atoms with Gasteiger partial charge in [-0.1, -0.05) is 35.6 Å². The predicted molar refractivity (Wildman–Crippen MR) is 105 cm³/mol. The van der Waals surface area contributed by atoms with Gasteiger partial charge in [-0.2, -0.15) is 4.98 Å². The largest absolute Gasteiger partial charge is 0.348 e. The number of benzene rings is 1. The molecule has 2 heterocycles. The molecule has 2 amide bonds. The second kappa shape index (κ2) is 8.09. The number of aryl methyl sites for hydroxylation is 3. The Bertz CT molecular complexity index is 1030. The van der Waals surface area contributed by atoms with Gasteiger partial charge in [0.1, 0.15) is 5.01 Å². The Balaban J connectivity index is 1.56. The van der Waals surface area contributed by atoms with Gasteiger partial charge in [-0.05, 0) is 32.4 Å². The van der Waals surface area contributed by atoms with E-state index in [0.717, 1.165) is 21.8 Å². The Hall–Kier alpha value is -3.07. The van der Waals surface area contributed by atoms with Crippen molar-refractivity contribution in [2.45, 2.75) is 27.3 Å². The lowest BCUT2D eigenvalue weighted by Crippen LogP contribution is -2.35. The minimum Gasteiger partial charge on any atom is -0.336 e. The van der Waals surface area contributed by atoms with Gasteiger partial charge in [0.05, 0.1) is 0 Å². The average molecular weight is 384 g/mol. The minimum atomic E-state index is -0.395. The van der Waals surface area contributed by atoms with E-state index in [1.54, 1.807) is 6.92 Å². The van der Waals surface area contributed by atoms with Crippen LogP contribution < -0.4 is 16.3 Å². The molecule has 8 nitrogen and oxygen atoms in total. The summed E-state index contributed by atoms with van der Waals surface area (Å²) in [7, 11) is 0. The molecule has 0 saturated carbocycles. The fraction of sp³-hybridized carbons (Fsp3) is 0.278. The summed E-state index contributed by atoms with van der Waals surface area (Å²) in [4.78, 5) is 27.9. The molecule has 2 aromatic heterocycles. The molecule has 3 aromatic rings. The van der Waals surface area contributed by atoms with Crippen molar-refractivity contribution in [1.82, 2.24) is 25.1 Å². The van der Waals surface area contributed by atoms with Crippen molar-refractivity contribution in [3.8, 4) is 10.6 Å². The zero-order chi connectivity index (χ0) is 19.4. The molecule has 0 spiro atoms. The average Bonchev–Trinajstić information content (AvgIpc) is 3.05. The summed E-state index contributed by atoms with van der Waals surface area (Å²) >= 11 is 1.31. The molecule has 3 rings (SSSR count). The van der Waals surface area contributed by atoms with Crippen molar-refractivity contribution in [2.24, 2.45) is 0 Å². The molecule has 0 aliphatic rings. The highest BCUT2D eigenvalue weighted by molar-refractivity contribution is 7.18. The number of hydrogen-bond acceptors (Lipinski definition) is 6. The lowest BCUT2D eigenvalue weighted by Gasteiger charge is -2.10. The Morgan fingerprint density at radius 2 is 1.96 bits per heavy atom. The fourth-order valence-corrected chi connectivity index (χ4v) is 3.49. The van der Waals surface area contributed by atoms with Crippen LogP contribution in [0.15, 0.2) is 35.1 Å². The first-order valence-corrected chi connectivity index (χ1v) is 9.25. The normalized spacial score (nSPS) is 10.6. The number of hydrogen-bond donors (Lipinski definition) is 2. The first-order valence-electron chi connectivity index (χ1n) is 8.43. The van der Waals surface area contributed by atoms with Crippen LogP contribution in [0.2, 0.25) is 0 Å². The third kappa shape index (κ3) is 4.56. The van der Waals surface area contributed by atoms with Crippen LogP contribution in [0.4, 0.5) is 9.93 Å². The molecule has 0 atom stereocenters.